The highest BCUT2D eigenvalue weighted by molar-refractivity contribution is 5.95. The van der Waals surface area contributed by atoms with Crippen LogP contribution in [0.1, 0.15) is 35.3 Å². The fraction of sp³-hybridized carbons (Fsp3) is 0.316. The molecule has 3 N–H and O–H groups in total. The summed E-state index contributed by atoms with van der Waals surface area (Å²) in [5.74, 6) is -0.0299. The van der Waals surface area contributed by atoms with Crippen LogP contribution in [0.4, 0.5) is 11.4 Å². The smallest absolute Gasteiger partial charge is 0.251 e. The summed E-state index contributed by atoms with van der Waals surface area (Å²) in [5.41, 5.74) is 5.17. The third-order valence-corrected chi connectivity index (χ3v) is 4.49. The first-order valence-corrected chi connectivity index (χ1v) is 7.98. The van der Waals surface area contributed by atoms with Crippen LogP contribution in [-0.4, -0.2) is 26.0 Å². The summed E-state index contributed by atoms with van der Waals surface area (Å²) in [4.78, 5) is 12.3. The van der Waals surface area contributed by atoms with Crippen LogP contribution in [-0.2, 0) is 5.41 Å². The number of anilines is 2. The molecule has 0 spiro atoms. The number of fused-ring (bicyclic) bond motifs is 2. The number of rotatable bonds is 4. The van der Waals surface area contributed by atoms with Crippen molar-refractivity contribution in [1.82, 2.24) is 10.6 Å². The van der Waals surface area contributed by atoms with E-state index in [9.17, 15) is 4.79 Å². The number of carbonyl (C=O) groups excluding carboxylic acids is 1. The van der Waals surface area contributed by atoms with Crippen LogP contribution >= 0.6 is 0 Å². The van der Waals surface area contributed by atoms with Crippen LogP contribution in [0.2, 0.25) is 0 Å². The Balaban J connectivity index is 1.94. The van der Waals surface area contributed by atoms with Gasteiger partial charge in [0.25, 0.3) is 5.91 Å². The number of amides is 1. The van der Waals surface area contributed by atoms with E-state index in [1.54, 1.807) is 0 Å². The Labute approximate surface area is 137 Å². The minimum Gasteiger partial charge on any atom is -0.355 e. The van der Waals surface area contributed by atoms with Crippen molar-refractivity contribution >= 4 is 17.3 Å². The van der Waals surface area contributed by atoms with E-state index in [0.29, 0.717) is 12.1 Å². The zero-order valence-electron chi connectivity index (χ0n) is 13.9. The van der Waals surface area contributed by atoms with Crippen LogP contribution in [0.3, 0.4) is 0 Å². The highest BCUT2D eigenvalue weighted by atomic mass is 16.1. The first-order chi connectivity index (χ1) is 11.0. The normalized spacial score (nSPS) is 14.4. The molecule has 0 atom stereocenters. The van der Waals surface area contributed by atoms with Gasteiger partial charge < -0.3 is 16.0 Å². The molecule has 3 rings (SSSR count). The Morgan fingerprint density at radius 1 is 1.04 bits per heavy atom. The van der Waals surface area contributed by atoms with E-state index in [1.807, 2.05) is 31.3 Å². The number of para-hydroxylation sites is 1. The van der Waals surface area contributed by atoms with Crippen molar-refractivity contribution < 1.29 is 4.79 Å². The van der Waals surface area contributed by atoms with Crippen LogP contribution < -0.4 is 16.0 Å². The summed E-state index contributed by atoms with van der Waals surface area (Å²) in [6.07, 6.45) is 0. The SMILES string of the molecule is CNCCNC(=O)c1ccc2c(c1)C(C)(C)c1ccccc1N2. The second-order valence-electron chi connectivity index (χ2n) is 6.42. The van der Waals surface area contributed by atoms with E-state index >= 15 is 0 Å². The van der Waals surface area contributed by atoms with E-state index < -0.39 is 0 Å². The third-order valence-electron chi connectivity index (χ3n) is 4.49. The molecule has 2 aromatic rings. The van der Waals surface area contributed by atoms with Crippen LogP contribution in [0.5, 0.6) is 0 Å². The molecule has 1 amide bonds. The van der Waals surface area contributed by atoms with E-state index in [1.165, 1.54) is 5.56 Å². The number of hydrogen-bond donors (Lipinski definition) is 3. The number of hydrogen-bond acceptors (Lipinski definition) is 3. The Bertz CT molecular complexity index is 737. The fourth-order valence-electron chi connectivity index (χ4n) is 3.14. The van der Waals surface area contributed by atoms with Crippen molar-refractivity contribution in [2.45, 2.75) is 19.3 Å². The third kappa shape index (κ3) is 2.82. The molecular formula is C19H23N3O. The lowest BCUT2D eigenvalue weighted by Gasteiger charge is -2.35. The predicted molar refractivity (Wildman–Crippen MR) is 94.6 cm³/mol. The zero-order chi connectivity index (χ0) is 16.4. The molecule has 0 aliphatic carbocycles. The van der Waals surface area contributed by atoms with Crippen LogP contribution in [0.25, 0.3) is 0 Å². The minimum absolute atomic E-state index is 0.0299. The van der Waals surface area contributed by atoms with Gasteiger partial charge >= 0.3 is 0 Å². The van der Waals surface area contributed by atoms with E-state index in [-0.39, 0.29) is 11.3 Å². The van der Waals surface area contributed by atoms with Crippen molar-refractivity contribution in [1.29, 1.82) is 0 Å². The average molecular weight is 309 g/mol. The summed E-state index contributed by atoms with van der Waals surface area (Å²) in [6, 6.07) is 14.2. The maximum atomic E-state index is 12.3. The maximum Gasteiger partial charge on any atom is 0.251 e. The topological polar surface area (TPSA) is 53.2 Å². The average Bonchev–Trinajstić information content (AvgIpc) is 2.55. The van der Waals surface area contributed by atoms with Gasteiger partial charge in [0.1, 0.15) is 0 Å². The summed E-state index contributed by atoms with van der Waals surface area (Å²) in [7, 11) is 1.87. The molecule has 2 aromatic carbocycles. The summed E-state index contributed by atoms with van der Waals surface area (Å²) < 4.78 is 0. The molecular weight excluding hydrogens is 286 g/mol. The van der Waals surface area contributed by atoms with E-state index in [4.69, 9.17) is 0 Å². The zero-order valence-corrected chi connectivity index (χ0v) is 13.9. The van der Waals surface area contributed by atoms with Crippen molar-refractivity contribution in [3.63, 3.8) is 0 Å². The van der Waals surface area contributed by atoms with Gasteiger partial charge in [-0.1, -0.05) is 32.0 Å². The molecule has 4 nitrogen and oxygen atoms in total. The van der Waals surface area contributed by atoms with Gasteiger partial charge in [-0.3, -0.25) is 4.79 Å². The lowest BCUT2D eigenvalue weighted by Crippen LogP contribution is -2.31. The second-order valence-corrected chi connectivity index (χ2v) is 6.42. The van der Waals surface area contributed by atoms with Crippen molar-refractivity contribution in [2.75, 3.05) is 25.5 Å². The Hall–Kier alpha value is -2.33. The molecule has 0 bridgehead atoms. The van der Waals surface area contributed by atoms with Crippen molar-refractivity contribution in [3.05, 3.63) is 59.2 Å². The van der Waals surface area contributed by atoms with Gasteiger partial charge in [0.2, 0.25) is 0 Å². The molecule has 0 radical (unpaired) electrons. The molecule has 4 heteroatoms. The molecule has 0 fully saturated rings. The van der Waals surface area contributed by atoms with Crippen molar-refractivity contribution in [2.24, 2.45) is 0 Å². The van der Waals surface area contributed by atoms with Gasteiger partial charge in [-0.05, 0) is 42.4 Å². The summed E-state index contributed by atoms with van der Waals surface area (Å²) in [6.45, 7) is 5.79. The minimum atomic E-state index is -0.140. The first-order valence-electron chi connectivity index (χ1n) is 7.98. The van der Waals surface area contributed by atoms with Crippen LogP contribution in [0.15, 0.2) is 42.5 Å². The highest BCUT2D eigenvalue weighted by Gasteiger charge is 2.32. The molecule has 1 heterocycles. The Morgan fingerprint density at radius 2 is 1.78 bits per heavy atom. The molecule has 0 aromatic heterocycles. The van der Waals surface area contributed by atoms with Gasteiger partial charge in [0.05, 0.1) is 0 Å². The maximum absolute atomic E-state index is 12.3. The summed E-state index contributed by atoms with van der Waals surface area (Å²) in [5, 5.41) is 9.43. The van der Waals surface area contributed by atoms with Gasteiger partial charge in [-0.25, -0.2) is 0 Å². The number of carbonyl (C=O) groups is 1. The number of nitrogens with one attached hydrogen (secondary N) is 3. The Kier molecular flexibility index (Phi) is 4.09. The highest BCUT2D eigenvalue weighted by Crippen LogP contribution is 2.45. The molecule has 0 saturated heterocycles. The number of likely N-dealkylation sites (N-methyl/N-ethyl adjacent to an activating group) is 1. The monoisotopic (exact) mass is 309 g/mol. The largest absolute Gasteiger partial charge is 0.355 e. The second kappa shape index (κ2) is 6.05. The van der Waals surface area contributed by atoms with Gasteiger partial charge in [-0.15, -0.1) is 0 Å². The van der Waals surface area contributed by atoms with Gasteiger partial charge in [-0.2, -0.15) is 0 Å². The number of benzene rings is 2. The predicted octanol–water partition coefficient (Wildman–Crippen LogP) is 3.02. The van der Waals surface area contributed by atoms with Gasteiger partial charge in [0.15, 0.2) is 0 Å². The molecule has 0 saturated carbocycles. The Morgan fingerprint density at radius 3 is 2.57 bits per heavy atom. The van der Waals surface area contributed by atoms with Crippen molar-refractivity contribution in [3.8, 4) is 0 Å². The molecule has 23 heavy (non-hydrogen) atoms. The lowest BCUT2D eigenvalue weighted by atomic mass is 9.74. The molecule has 1 aliphatic heterocycles. The standard InChI is InChI=1S/C19H23N3O/c1-19(2)14-6-4-5-7-16(14)22-17-9-8-13(12-15(17)19)18(23)21-11-10-20-3/h4-9,12,20,22H,10-11H2,1-3H3,(H,21,23). The van der Waals surface area contributed by atoms with Gasteiger partial charge in [0, 0.05) is 35.4 Å². The van der Waals surface area contributed by atoms with E-state index in [0.717, 1.165) is 23.5 Å². The van der Waals surface area contributed by atoms with E-state index in [2.05, 4.69) is 48.0 Å². The molecule has 120 valence electrons. The molecule has 1 aliphatic rings. The fourth-order valence-corrected chi connectivity index (χ4v) is 3.14. The summed E-state index contributed by atoms with van der Waals surface area (Å²) >= 11 is 0. The first kappa shape index (κ1) is 15.6. The van der Waals surface area contributed by atoms with Crippen LogP contribution in [0, 0.1) is 0 Å². The quantitative estimate of drug-likeness (QED) is 0.761. The molecule has 0 unspecified atom stereocenters. The lowest BCUT2D eigenvalue weighted by molar-refractivity contribution is 0.0954.